The molecule has 3 rings (SSSR count). The fourth-order valence-electron chi connectivity index (χ4n) is 3.27. The average molecular weight is 380 g/mol. The van der Waals surface area contributed by atoms with Crippen LogP contribution in [-0.2, 0) is 20.7 Å². The molecule has 0 spiro atoms. The first kappa shape index (κ1) is 19.6. The lowest BCUT2D eigenvalue weighted by Crippen LogP contribution is -2.33. The van der Waals surface area contributed by atoms with Gasteiger partial charge >= 0.3 is 5.97 Å². The lowest BCUT2D eigenvalue weighted by Gasteiger charge is -2.15. The van der Waals surface area contributed by atoms with E-state index in [4.69, 9.17) is 4.74 Å². The van der Waals surface area contributed by atoms with Crippen LogP contribution in [0.3, 0.4) is 0 Å². The van der Waals surface area contributed by atoms with Crippen molar-refractivity contribution in [3.63, 3.8) is 0 Å². The highest BCUT2D eigenvalue weighted by atomic mass is 16.5. The largest absolute Gasteiger partial charge is 0.455 e. The van der Waals surface area contributed by atoms with Crippen LogP contribution >= 0.6 is 0 Å². The van der Waals surface area contributed by atoms with Crippen LogP contribution in [0.1, 0.15) is 41.6 Å². The highest BCUT2D eigenvalue weighted by Gasteiger charge is 2.20. The second kappa shape index (κ2) is 9.69. The van der Waals surface area contributed by atoms with Crippen molar-refractivity contribution in [3.05, 3.63) is 65.7 Å². The molecule has 0 aliphatic heterocycles. The van der Waals surface area contributed by atoms with E-state index in [1.807, 2.05) is 30.3 Å². The molecule has 1 aliphatic carbocycles. The van der Waals surface area contributed by atoms with E-state index in [1.165, 1.54) is 0 Å². The van der Waals surface area contributed by atoms with Gasteiger partial charge in [-0.15, -0.1) is 0 Å². The summed E-state index contributed by atoms with van der Waals surface area (Å²) in [7, 11) is 0. The molecule has 1 aliphatic rings. The Kier molecular flexibility index (Phi) is 6.78. The van der Waals surface area contributed by atoms with Gasteiger partial charge in [-0.25, -0.2) is 0 Å². The van der Waals surface area contributed by atoms with Gasteiger partial charge in [0.1, 0.15) is 0 Å². The summed E-state index contributed by atoms with van der Waals surface area (Å²) in [5.41, 5.74) is 1.63. The molecule has 0 radical (unpaired) electrons. The predicted molar refractivity (Wildman–Crippen MR) is 106 cm³/mol. The van der Waals surface area contributed by atoms with E-state index in [1.54, 1.807) is 24.3 Å². The van der Waals surface area contributed by atoms with Crippen LogP contribution in [0.15, 0.2) is 54.6 Å². The van der Waals surface area contributed by atoms with E-state index in [2.05, 4.69) is 10.6 Å². The van der Waals surface area contributed by atoms with E-state index in [9.17, 15) is 14.4 Å². The highest BCUT2D eigenvalue weighted by Crippen LogP contribution is 2.20. The smallest absolute Gasteiger partial charge is 0.310 e. The summed E-state index contributed by atoms with van der Waals surface area (Å²) < 4.78 is 5.04. The number of para-hydroxylation sites is 1. The van der Waals surface area contributed by atoms with Crippen molar-refractivity contribution >= 4 is 23.5 Å². The van der Waals surface area contributed by atoms with Gasteiger partial charge in [0.25, 0.3) is 11.8 Å². The van der Waals surface area contributed by atoms with Crippen molar-refractivity contribution in [2.45, 2.75) is 38.1 Å². The first-order valence-electron chi connectivity index (χ1n) is 9.51. The minimum Gasteiger partial charge on any atom is -0.455 e. The third kappa shape index (κ3) is 5.67. The van der Waals surface area contributed by atoms with Crippen molar-refractivity contribution in [2.24, 2.45) is 0 Å². The molecule has 1 fully saturated rings. The Morgan fingerprint density at radius 1 is 0.929 bits per heavy atom. The Hall–Kier alpha value is -3.15. The van der Waals surface area contributed by atoms with Crippen LogP contribution in [-0.4, -0.2) is 30.4 Å². The summed E-state index contributed by atoms with van der Waals surface area (Å²) in [5, 5.41) is 5.67. The Balaban J connectivity index is 1.52. The number of hydrogen-bond donors (Lipinski definition) is 2. The molecule has 0 bridgehead atoms. The van der Waals surface area contributed by atoms with Gasteiger partial charge in [0.2, 0.25) is 0 Å². The van der Waals surface area contributed by atoms with E-state index in [0.717, 1.165) is 31.2 Å². The topological polar surface area (TPSA) is 84.5 Å². The zero-order valence-corrected chi connectivity index (χ0v) is 15.6. The van der Waals surface area contributed by atoms with E-state index < -0.39 is 18.5 Å². The Morgan fingerprint density at radius 3 is 2.36 bits per heavy atom. The summed E-state index contributed by atoms with van der Waals surface area (Å²) in [6, 6.07) is 16.2. The molecule has 0 heterocycles. The number of nitrogens with one attached hydrogen (secondary N) is 2. The molecule has 0 saturated heterocycles. The molecule has 1 saturated carbocycles. The molecule has 0 aromatic heterocycles. The second-order valence-corrected chi connectivity index (χ2v) is 6.87. The first-order valence-corrected chi connectivity index (χ1v) is 9.51. The maximum Gasteiger partial charge on any atom is 0.310 e. The number of hydrogen-bond acceptors (Lipinski definition) is 4. The molecular formula is C22H24N2O4. The average Bonchev–Trinajstić information content (AvgIpc) is 3.20. The van der Waals surface area contributed by atoms with Crippen LogP contribution in [0.25, 0.3) is 0 Å². The number of rotatable bonds is 7. The third-order valence-corrected chi connectivity index (χ3v) is 4.69. The van der Waals surface area contributed by atoms with Crippen LogP contribution in [0.2, 0.25) is 0 Å². The van der Waals surface area contributed by atoms with Crippen molar-refractivity contribution in [2.75, 3.05) is 11.9 Å². The van der Waals surface area contributed by atoms with Gasteiger partial charge in [0, 0.05) is 6.04 Å². The lowest BCUT2D eigenvalue weighted by atomic mass is 10.1. The second-order valence-electron chi connectivity index (χ2n) is 6.87. The molecule has 2 aromatic rings. The predicted octanol–water partition coefficient (Wildman–Crippen LogP) is 3.08. The molecule has 2 aromatic carbocycles. The molecule has 6 nitrogen and oxygen atoms in total. The first-order chi connectivity index (χ1) is 13.6. The highest BCUT2D eigenvalue weighted by molar-refractivity contribution is 6.04. The van der Waals surface area contributed by atoms with Crippen molar-refractivity contribution in [3.8, 4) is 0 Å². The number of carbonyl (C=O) groups is 3. The summed E-state index contributed by atoms with van der Waals surface area (Å²) in [6.07, 6.45) is 4.32. The quantitative estimate of drug-likeness (QED) is 0.723. The number of benzene rings is 2. The number of carbonyl (C=O) groups excluding carboxylic acids is 3. The van der Waals surface area contributed by atoms with Gasteiger partial charge in [-0.1, -0.05) is 55.3 Å². The Bertz CT molecular complexity index is 829. The van der Waals surface area contributed by atoms with Gasteiger partial charge in [-0.3, -0.25) is 14.4 Å². The summed E-state index contributed by atoms with van der Waals surface area (Å²) in [5.74, 6) is -1.17. The molecule has 6 heteroatoms. The normalized spacial score (nSPS) is 13.7. The lowest BCUT2D eigenvalue weighted by molar-refractivity contribution is -0.146. The van der Waals surface area contributed by atoms with Gasteiger partial charge in [-0.2, -0.15) is 0 Å². The summed E-state index contributed by atoms with van der Waals surface area (Å²) >= 11 is 0. The Labute approximate surface area is 164 Å². The summed E-state index contributed by atoms with van der Waals surface area (Å²) in [4.78, 5) is 36.6. The molecule has 146 valence electrons. The molecule has 2 N–H and O–H groups in total. The third-order valence-electron chi connectivity index (χ3n) is 4.69. The van der Waals surface area contributed by atoms with E-state index >= 15 is 0 Å². The fourth-order valence-corrected chi connectivity index (χ4v) is 3.27. The number of amides is 2. The van der Waals surface area contributed by atoms with Crippen molar-refractivity contribution in [1.82, 2.24) is 5.32 Å². The fraction of sp³-hybridized carbons (Fsp3) is 0.318. The number of anilines is 1. The van der Waals surface area contributed by atoms with Crippen LogP contribution in [0, 0.1) is 0 Å². The monoisotopic (exact) mass is 380 g/mol. The minimum absolute atomic E-state index is 0.106. The maximum absolute atomic E-state index is 12.5. The molecule has 2 amide bonds. The molecule has 28 heavy (non-hydrogen) atoms. The SMILES string of the molecule is O=C(COC(=O)Cc1ccccc1)Nc1ccccc1C(=O)NC1CCCC1. The standard InChI is InChI=1S/C22H24N2O4/c25-20(15-28-21(26)14-16-8-2-1-3-9-16)24-19-13-7-6-12-18(19)22(27)23-17-10-4-5-11-17/h1-3,6-9,12-13,17H,4-5,10-11,14-15H2,(H,23,27)(H,24,25). The summed E-state index contributed by atoms with van der Waals surface area (Å²) in [6.45, 7) is -0.399. The van der Waals surface area contributed by atoms with Gasteiger partial charge < -0.3 is 15.4 Å². The zero-order chi connectivity index (χ0) is 19.8. The molecule has 0 atom stereocenters. The van der Waals surface area contributed by atoms with Crippen LogP contribution < -0.4 is 10.6 Å². The van der Waals surface area contributed by atoms with Crippen LogP contribution in [0.5, 0.6) is 0 Å². The minimum atomic E-state index is -0.484. The van der Waals surface area contributed by atoms with Gasteiger partial charge in [0.15, 0.2) is 6.61 Å². The number of ether oxygens (including phenoxy) is 1. The zero-order valence-electron chi connectivity index (χ0n) is 15.6. The van der Waals surface area contributed by atoms with Crippen molar-refractivity contribution < 1.29 is 19.1 Å². The number of esters is 1. The molecule has 0 unspecified atom stereocenters. The maximum atomic E-state index is 12.5. The van der Waals surface area contributed by atoms with E-state index in [-0.39, 0.29) is 18.4 Å². The van der Waals surface area contributed by atoms with Crippen LogP contribution in [0.4, 0.5) is 5.69 Å². The van der Waals surface area contributed by atoms with E-state index in [0.29, 0.717) is 11.3 Å². The van der Waals surface area contributed by atoms with Gasteiger partial charge in [-0.05, 0) is 30.5 Å². The van der Waals surface area contributed by atoms with Crippen molar-refractivity contribution in [1.29, 1.82) is 0 Å². The molecular weight excluding hydrogens is 356 g/mol. The van der Waals surface area contributed by atoms with Gasteiger partial charge in [0.05, 0.1) is 17.7 Å². The Morgan fingerprint density at radius 2 is 1.61 bits per heavy atom.